The Balaban J connectivity index is 1.67. The van der Waals surface area contributed by atoms with Crippen LogP contribution in [0.2, 0.25) is 0 Å². The Morgan fingerprint density at radius 2 is 1.79 bits per heavy atom. The molecule has 0 aliphatic heterocycles. The molecule has 1 unspecified atom stereocenters. The lowest BCUT2D eigenvalue weighted by molar-refractivity contribution is 0.0905. The van der Waals surface area contributed by atoms with Crippen LogP contribution in [0.3, 0.4) is 0 Å². The summed E-state index contributed by atoms with van der Waals surface area (Å²) in [7, 11) is 0. The molecule has 0 radical (unpaired) electrons. The molecule has 3 rings (SSSR count). The van der Waals surface area contributed by atoms with Gasteiger partial charge in [-0.1, -0.05) is 0 Å². The van der Waals surface area contributed by atoms with Gasteiger partial charge in [0.05, 0.1) is 29.6 Å². The molecule has 0 saturated heterocycles. The fraction of sp³-hybridized carbons (Fsp3) is 0.389. The summed E-state index contributed by atoms with van der Waals surface area (Å²) in [6.45, 7) is 8.56. The molecule has 1 atom stereocenters. The Morgan fingerprint density at radius 1 is 1.04 bits per heavy atom. The van der Waals surface area contributed by atoms with Crippen LogP contribution in [0.1, 0.15) is 22.4 Å². The second-order valence-electron chi connectivity index (χ2n) is 6.24. The largest absolute Gasteiger partial charge is 0.474 e. The Bertz CT molecular complexity index is 873. The predicted molar refractivity (Wildman–Crippen MR) is 92.2 cm³/mol. The highest BCUT2D eigenvalue weighted by Gasteiger charge is 2.11. The summed E-state index contributed by atoms with van der Waals surface area (Å²) in [5, 5.41) is 18.3. The molecule has 0 spiro atoms. The van der Waals surface area contributed by atoms with E-state index < -0.39 is 6.10 Å². The van der Waals surface area contributed by atoms with Crippen molar-refractivity contribution in [2.24, 2.45) is 0 Å². The van der Waals surface area contributed by atoms with Crippen molar-refractivity contribution in [2.45, 2.75) is 40.3 Å². The van der Waals surface area contributed by atoms with Crippen LogP contribution < -0.4 is 4.74 Å². The third-order valence-corrected chi connectivity index (χ3v) is 4.28. The van der Waals surface area contributed by atoms with Gasteiger partial charge in [0.25, 0.3) is 0 Å². The molecule has 0 aliphatic rings. The van der Waals surface area contributed by atoms with E-state index in [1.54, 1.807) is 6.33 Å². The number of aryl methyl sites for hydroxylation is 4. The number of hydrogen-bond acceptors (Lipinski definition) is 5. The molecule has 6 heteroatoms. The van der Waals surface area contributed by atoms with Crippen LogP contribution in [0, 0.1) is 27.7 Å². The van der Waals surface area contributed by atoms with Crippen LogP contribution in [-0.4, -0.2) is 37.6 Å². The standard InChI is InChI=1S/C18H22N4O2/c1-11-5-16-17(6-12(11)2)22(10-19-16)8-15(23)9-24-18-7-13(3)14(4)20-21-18/h5-7,10,15,23H,8-9H2,1-4H3. The highest BCUT2D eigenvalue weighted by Crippen LogP contribution is 2.19. The molecule has 0 saturated carbocycles. The summed E-state index contributed by atoms with van der Waals surface area (Å²) < 4.78 is 7.50. The summed E-state index contributed by atoms with van der Waals surface area (Å²) >= 11 is 0. The number of aliphatic hydroxyl groups excluding tert-OH is 1. The zero-order valence-corrected chi connectivity index (χ0v) is 14.4. The van der Waals surface area contributed by atoms with E-state index in [1.165, 1.54) is 11.1 Å². The third kappa shape index (κ3) is 3.38. The van der Waals surface area contributed by atoms with Crippen molar-refractivity contribution in [3.63, 3.8) is 0 Å². The van der Waals surface area contributed by atoms with Gasteiger partial charge in [-0.25, -0.2) is 4.98 Å². The van der Waals surface area contributed by atoms with Crippen molar-refractivity contribution < 1.29 is 9.84 Å². The Labute approximate surface area is 141 Å². The van der Waals surface area contributed by atoms with E-state index in [4.69, 9.17) is 4.74 Å². The summed E-state index contributed by atoms with van der Waals surface area (Å²) in [5.74, 6) is 0.430. The quantitative estimate of drug-likeness (QED) is 0.780. The molecule has 126 valence electrons. The van der Waals surface area contributed by atoms with Crippen molar-refractivity contribution in [1.29, 1.82) is 0 Å². The minimum Gasteiger partial charge on any atom is -0.474 e. The molecule has 1 N–H and O–H groups in total. The van der Waals surface area contributed by atoms with E-state index >= 15 is 0 Å². The van der Waals surface area contributed by atoms with Gasteiger partial charge in [-0.15, -0.1) is 5.10 Å². The number of imidazole rings is 1. The SMILES string of the molecule is Cc1cc2ncn(CC(O)COc3cc(C)c(C)nn3)c2cc1C. The first-order chi connectivity index (χ1) is 11.4. The molecular formula is C18H22N4O2. The van der Waals surface area contributed by atoms with Gasteiger partial charge in [0.1, 0.15) is 12.7 Å². The van der Waals surface area contributed by atoms with Gasteiger partial charge in [-0.2, -0.15) is 5.10 Å². The Kier molecular flexibility index (Phi) is 4.49. The molecule has 0 amide bonds. The first-order valence-electron chi connectivity index (χ1n) is 7.98. The predicted octanol–water partition coefficient (Wildman–Crippen LogP) is 2.50. The second kappa shape index (κ2) is 6.57. The number of nitrogens with zero attached hydrogens (tertiary/aromatic N) is 4. The molecule has 0 aliphatic carbocycles. The average molecular weight is 326 g/mol. The Morgan fingerprint density at radius 3 is 2.54 bits per heavy atom. The molecule has 3 aromatic rings. The van der Waals surface area contributed by atoms with Gasteiger partial charge in [-0.05, 0) is 56.5 Å². The smallest absolute Gasteiger partial charge is 0.233 e. The van der Waals surface area contributed by atoms with Gasteiger partial charge < -0.3 is 14.4 Å². The number of hydrogen-bond donors (Lipinski definition) is 1. The number of benzene rings is 1. The van der Waals surface area contributed by atoms with Crippen LogP contribution in [-0.2, 0) is 6.54 Å². The van der Waals surface area contributed by atoms with Gasteiger partial charge >= 0.3 is 0 Å². The van der Waals surface area contributed by atoms with E-state index in [2.05, 4.69) is 41.2 Å². The van der Waals surface area contributed by atoms with Gasteiger partial charge in [0.15, 0.2) is 0 Å². The Hall–Kier alpha value is -2.47. The van der Waals surface area contributed by atoms with Gasteiger partial charge in [-0.3, -0.25) is 0 Å². The molecule has 2 heterocycles. The van der Waals surface area contributed by atoms with Crippen LogP contribution in [0.25, 0.3) is 11.0 Å². The van der Waals surface area contributed by atoms with Gasteiger partial charge in [0.2, 0.25) is 5.88 Å². The number of ether oxygens (including phenoxy) is 1. The summed E-state index contributed by atoms with van der Waals surface area (Å²) in [5.41, 5.74) is 6.26. The number of rotatable bonds is 5. The summed E-state index contributed by atoms with van der Waals surface area (Å²) in [6, 6.07) is 5.99. The lowest BCUT2D eigenvalue weighted by Crippen LogP contribution is -2.23. The highest BCUT2D eigenvalue weighted by atomic mass is 16.5. The molecule has 0 bridgehead atoms. The molecule has 2 aromatic heterocycles. The van der Waals surface area contributed by atoms with Crippen molar-refractivity contribution in [2.75, 3.05) is 6.61 Å². The van der Waals surface area contributed by atoms with Crippen LogP contribution in [0.5, 0.6) is 5.88 Å². The summed E-state index contributed by atoms with van der Waals surface area (Å²) in [6.07, 6.45) is 1.09. The van der Waals surface area contributed by atoms with Crippen molar-refractivity contribution in [3.8, 4) is 5.88 Å². The minimum atomic E-state index is -0.660. The lowest BCUT2D eigenvalue weighted by Gasteiger charge is -2.13. The average Bonchev–Trinajstić information content (AvgIpc) is 2.91. The maximum Gasteiger partial charge on any atom is 0.233 e. The topological polar surface area (TPSA) is 73.1 Å². The molecule has 0 fully saturated rings. The monoisotopic (exact) mass is 326 g/mol. The number of aromatic nitrogens is 4. The zero-order valence-electron chi connectivity index (χ0n) is 14.4. The van der Waals surface area contributed by atoms with E-state index in [0.29, 0.717) is 12.4 Å². The third-order valence-electron chi connectivity index (χ3n) is 4.28. The lowest BCUT2D eigenvalue weighted by atomic mass is 10.1. The van der Waals surface area contributed by atoms with Crippen molar-refractivity contribution in [1.82, 2.24) is 19.7 Å². The fourth-order valence-electron chi connectivity index (χ4n) is 2.51. The number of aliphatic hydroxyl groups is 1. The first-order valence-corrected chi connectivity index (χ1v) is 7.98. The molecular weight excluding hydrogens is 304 g/mol. The summed E-state index contributed by atoms with van der Waals surface area (Å²) in [4.78, 5) is 4.40. The van der Waals surface area contributed by atoms with E-state index in [-0.39, 0.29) is 6.61 Å². The maximum absolute atomic E-state index is 10.3. The van der Waals surface area contributed by atoms with E-state index in [9.17, 15) is 5.11 Å². The highest BCUT2D eigenvalue weighted by molar-refractivity contribution is 5.77. The molecule has 6 nitrogen and oxygen atoms in total. The van der Waals surface area contributed by atoms with Gasteiger partial charge in [0, 0.05) is 6.07 Å². The maximum atomic E-state index is 10.3. The molecule has 24 heavy (non-hydrogen) atoms. The minimum absolute atomic E-state index is 0.154. The fourth-order valence-corrected chi connectivity index (χ4v) is 2.51. The van der Waals surface area contributed by atoms with Crippen LogP contribution >= 0.6 is 0 Å². The number of fused-ring (bicyclic) bond motifs is 1. The van der Waals surface area contributed by atoms with Crippen LogP contribution in [0.15, 0.2) is 24.5 Å². The van der Waals surface area contributed by atoms with Crippen LogP contribution in [0.4, 0.5) is 0 Å². The van der Waals surface area contributed by atoms with E-state index in [1.807, 2.05) is 24.5 Å². The molecule has 1 aromatic carbocycles. The second-order valence-corrected chi connectivity index (χ2v) is 6.24. The zero-order chi connectivity index (χ0) is 17.3. The van der Waals surface area contributed by atoms with Crippen molar-refractivity contribution in [3.05, 3.63) is 46.9 Å². The normalized spacial score (nSPS) is 12.5. The first kappa shape index (κ1) is 16.4. The van der Waals surface area contributed by atoms with Crippen molar-refractivity contribution >= 4 is 11.0 Å². The van der Waals surface area contributed by atoms with E-state index in [0.717, 1.165) is 22.3 Å².